The molecule has 0 aliphatic carbocycles. The Kier molecular flexibility index (Phi) is 4.91. The number of nitrogens with zero attached hydrogens (tertiary/aromatic N) is 1. The van der Waals surface area contributed by atoms with Gasteiger partial charge in [-0.1, -0.05) is 23.7 Å². The first-order valence-corrected chi connectivity index (χ1v) is 5.60. The number of nitrogens with two attached hydrogens (primary N) is 1. The Morgan fingerprint density at radius 3 is 2.83 bits per heavy atom. The Morgan fingerprint density at radius 1 is 1.67 bits per heavy atom. The fourth-order valence-electron chi connectivity index (χ4n) is 1.33. The minimum absolute atomic E-state index is 0.0981. The monoisotopic (exact) mass is 273 g/mol. The molecule has 1 rings (SSSR count). The van der Waals surface area contributed by atoms with Gasteiger partial charge in [0.05, 0.1) is 11.1 Å². The van der Waals surface area contributed by atoms with Crippen LogP contribution in [0.2, 0.25) is 5.02 Å². The standard InChI is InChI=1S/C11H13ClFN3O2/c1-2-9(10(14)16-18)15-11(17)6-3-4-8(13)7(12)5-6/h3-5,9,18H,2H2,1H3,(H2,14,16)(H,15,17). The molecule has 0 aliphatic heterocycles. The summed E-state index contributed by atoms with van der Waals surface area (Å²) in [6.45, 7) is 1.76. The SMILES string of the molecule is CCC(NC(=O)c1ccc(F)c(Cl)c1)/C(N)=N/O. The number of rotatable bonds is 4. The third-order valence-electron chi connectivity index (χ3n) is 2.37. The van der Waals surface area contributed by atoms with Crippen LogP contribution in [-0.4, -0.2) is 23.0 Å². The molecule has 1 atom stereocenters. The molecule has 1 aromatic carbocycles. The van der Waals surface area contributed by atoms with Gasteiger partial charge in [0.25, 0.3) is 5.91 Å². The van der Waals surface area contributed by atoms with Crippen LogP contribution in [0.5, 0.6) is 0 Å². The van der Waals surface area contributed by atoms with E-state index in [-0.39, 0.29) is 16.4 Å². The van der Waals surface area contributed by atoms with Crippen LogP contribution in [0.3, 0.4) is 0 Å². The lowest BCUT2D eigenvalue weighted by molar-refractivity contribution is 0.0945. The number of oxime groups is 1. The van der Waals surface area contributed by atoms with E-state index in [9.17, 15) is 9.18 Å². The van der Waals surface area contributed by atoms with Crippen LogP contribution < -0.4 is 11.1 Å². The molecule has 0 spiro atoms. The maximum Gasteiger partial charge on any atom is 0.251 e. The summed E-state index contributed by atoms with van der Waals surface area (Å²) in [5.41, 5.74) is 5.61. The predicted octanol–water partition coefficient (Wildman–Crippen LogP) is 1.73. The number of amides is 1. The molecule has 18 heavy (non-hydrogen) atoms. The molecule has 0 heterocycles. The minimum atomic E-state index is -0.600. The average molecular weight is 274 g/mol. The highest BCUT2D eigenvalue weighted by Crippen LogP contribution is 2.16. The third-order valence-corrected chi connectivity index (χ3v) is 2.66. The second-order valence-corrected chi connectivity index (χ2v) is 4.00. The zero-order chi connectivity index (χ0) is 13.7. The van der Waals surface area contributed by atoms with Crippen LogP contribution in [-0.2, 0) is 0 Å². The molecule has 0 bridgehead atoms. The summed E-state index contributed by atoms with van der Waals surface area (Å²) in [6.07, 6.45) is 0.455. The van der Waals surface area contributed by atoms with Crippen LogP contribution in [0, 0.1) is 5.82 Å². The second kappa shape index (κ2) is 6.20. The normalized spacial score (nSPS) is 13.2. The molecule has 0 aromatic heterocycles. The highest BCUT2D eigenvalue weighted by molar-refractivity contribution is 6.31. The highest BCUT2D eigenvalue weighted by atomic mass is 35.5. The first kappa shape index (κ1) is 14.2. The molecule has 1 unspecified atom stereocenters. The van der Waals surface area contributed by atoms with Crippen molar-refractivity contribution in [2.24, 2.45) is 10.9 Å². The van der Waals surface area contributed by atoms with Crippen LogP contribution >= 0.6 is 11.6 Å². The van der Waals surface area contributed by atoms with Gasteiger partial charge >= 0.3 is 0 Å². The van der Waals surface area contributed by atoms with E-state index in [2.05, 4.69) is 10.5 Å². The largest absolute Gasteiger partial charge is 0.409 e. The lowest BCUT2D eigenvalue weighted by Gasteiger charge is -2.15. The van der Waals surface area contributed by atoms with Crippen LogP contribution in [0.15, 0.2) is 23.4 Å². The molecule has 0 saturated heterocycles. The number of halogens is 2. The summed E-state index contributed by atoms with van der Waals surface area (Å²) in [5.74, 6) is -1.17. The van der Waals surface area contributed by atoms with E-state index in [1.54, 1.807) is 6.92 Å². The summed E-state index contributed by atoms with van der Waals surface area (Å²) < 4.78 is 12.9. The van der Waals surface area contributed by atoms with E-state index >= 15 is 0 Å². The Balaban J connectivity index is 2.84. The summed E-state index contributed by atoms with van der Waals surface area (Å²) in [5, 5.41) is 13.8. The highest BCUT2D eigenvalue weighted by Gasteiger charge is 2.16. The molecule has 4 N–H and O–H groups in total. The van der Waals surface area contributed by atoms with Crippen molar-refractivity contribution in [1.29, 1.82) is 0 Å². The zero-order valence-electron chi connectivity index (χ0n) is 9.65. The Hall–Kier alpha value is -1.82. The fourth-order valence-corrected chi connectivity index (χ4v) is 1.51. The molecular weight excluding hydrogens is 261 g/mol. The van der Waals surface area contributed by atoms with Gasteiger partial charge in [0.2, 0.25) is 0 Å². The Morgan fingerprint density at radius 2 is 2.33 bits per heavy atom. The summed E-state index contributed by atoms with van der Waals surface area (Å²) >= 11 is 5.57. The molecule has 0 fully saturated rings. The van der Waals surface area contributed by atoms with Gasteiger partial charge in [-0.25, -0.2) is 4.39 Å². The number of carbonyl (C=O) groups is 1. The van der Waals surface area contributed by atoms with Gasteiger partial charge < -0.3 is 16.3 Å². The van der Waals surface area contributed by atoms with Gasteiger partial charge in [0.1, 0.15) is 5.82 Å². The van der Waals surface area contributed by atoms with Crippen molar-refractivity contribution in [3.63, 3.8) is 0 Å². The topological polar surface area (TPSA) is 87.7 Å². The van der Waals surface area contributed by atoms with Crippen molar-refractivity contribution in [2.45, 2.75) is 19.4 Å². The third kappa shape index (κ3) is 3.33. The first-order valence-electron chi connectivity index (χ1n) is 5.23. The maximum atomic E-state index is 12.9. The molecule has 1 amide bonds. The second-order valence-electron chi connectivity index (χ2n) is 3.59. The van der Waals surface area contributed by atoms with E-state index < -0.39 is 17.8 Å². The number of hydrogen-bond acceptors (Lipinski definition) is 3. The zero-order valence-corrected chi connectivity index (χ0v) is 10.4. The molecule has 0 aliphatic rings. The van der Waals surface area contributed by atoms with Crippen molar-refractivity contribution in [2.75, 3.05) is 0 Å². The van der Waals surface area contributed by atoms with E-state index in [4.69, 9.17) is 22.5 Å². The number of nitrogens with one attached hydrogen (secondary N) is 1. The lowest BCUT2D eigenvalue weighted by Crippen LogP contribution is -2.44. The van der Waals surface area contributed by atoms with E-state index in [1.165, 1.54) is 12.1 Å². The summed E-state index contributed by atoms with van der Waals surface area (Å²) in [6, 6.07) is 3.02. The van der Waals surface area contributed by atoms with Gasteiger partial charge in [-0.15, -0.1) is 0 Å². The van der Waals surface area contributed by atoms with Gasteiger partial charge in [-0.05, 0) is 24.6 Å². The van der Waals surface area contributed by atoms with Crippen LogP contribution in [0.1, 0.15) is 23.7 Å². The van der Waals surface area contributed by atoms with Gasteiger partial charge in [-0.3, -0.25) is 4.79 Å². The Labute approximate surface area is 108 Å². The molecular formula is C11H13ClFN3O2. The smallest absolute Gasteiger partial charge is 0.251 e. The molecule has 0 radical (unpaired) electrons. The molecule has 5 nitrogen and oxygen atoms in total. The van der Waals surface area contributed by atoms with Crippen LogP contribution in [0.25, 0.3) is 0 Å². The van der Waals surface area contributed by atoms with Crippen LogP contribution in [0.4, 0.5) is 4.39 Å². The molecule has 0 saturated carbocycles. The van der Waals surface area contributed by atoms with Gasteiger partial charge in [0, 0.05) is 5.56 Å². The quantitative estimate of drug-likeness (QED) is 0.338. The van der Waals surface area contributed by atoms with Crippen molar-refractivity contribution >= 4 is 23.3 Å². The van der Waals surface area contributed by atoms with Gasteiger partial charge in [0.15, 0.2) is 5.84 Å². The molecule has 98 valence electrons. The Bertz CT molecular complexity index is 479. The molecule has 1 aromatic rings. The van der Waals surface area contributed by atoms with Crippen molar-refractivity contribution in [3.8, 4) is 0 Å². The number of amidine groups is 1. The number of carbonyl (C=O) groups excluding carboxylic acids is 1. The van der Waals surface area contributed by atoms with Crippen molar-refractivity contribution in [1.82, 2.24) is 5.32 Å². The first-order chi connectivity index (χ1) is 8.49. The minimum Gasteiger partial charge on any atom is -0.409 e. The van der Waals surface area contributed by atoms with Gasteiger partial charge in [-0.2, -0.15) is 0 Å². The molecule has 7 heteroatoms. The van der Waals surface area contributed by atoms with Crippen molar-refractivity contribution in [3.05, 3.63) is 34.6 Å². The summed E-state index contributed by atoms with van der Waals surface area (Å²) in [4.78, 5) is 11.8. The van der Waals surface area contributed by atoms with E-state index in [0.717, 1.165) is 6.07 Å². The predicted molar refractivity (Wildman–Crippen MR) is 66.4 cm³/mol. The fraction of sp³-hybridized carbons (Fsp3) is 0.273. The maximum absolute atomic E-state index is 12.9. The van der Waals surface area contributed by atoms with E-state index in [0.29, 0.717) is 6.42 Å². The van der Waals surface area contributed by atoms with Crippen molar-refractivity contribution < 1.29 is 14.4 Å². The number of hydrogen-bond donors (Lipinski definition) is 3. The average Bonchev–Trinajstić information content (AvgIpc) is 2.37. The number of benzene rings is 1. The van der Waals surface area contributed by atoms with E-state index in [1.807, 2.05) is 0 Å². The summed E-state index contributed by atoms with van der Waals surface area (Å²) in [7, 11) is 0. The lowest BCUT2D eigenvalue weighted by atomic mass is 10.1.